The molecule has 1 heterocycles. The Morgan fingerprint density at radius 3 is 2.37 bits per heavy atom. The highest BCUT2D eigenvalue weighted by atomic mass is 16.6. The number of hydrogen-bond donors (Lipinski definition) is 0. The van der Waals surface area contributed by atoms with Crippen LogP contribution in [0.4, 0.5) is 4.79 Å². The summed E-state index contributed by atoms with van der Waals surface area (Å²) in [6, 6.07) is 7.67. The van der Waals surface area contributed by atoms with Crippen LogP contribution in [0.25, 0.3) is 0 Å². The molecule has 0 aliphatic carbocycles. The summed E-state index contributed by atoms with van der Waals surface area (Å²) in [6.07, 6.45) is -0.462. The molecule has 2 rings (SSSR count). The monoisotopic (exact) mass is 377 g/mol. The average Bonchev–Trinajstić information content (AvgIpc) is 2.50. The third-order valence-corrected chi connectivity index (χ3v) is 3.87. The summed E-state index contributed by atoms with van der Waals surface area (Å²) in [5.74, 6) is -0.940. The molecule has 6 nitrogen and oxygen atoms in total. The van der Waals surface area contributed by atoms with Crippen molar-refractivity contribution in [1.29, 1.82) is 0 Å². The Morgan fingerprint density at radius 2 is 1.74 bits per heavy atom. The van der Waals surface area contributed by atoms with Gasteiger partial charge in [0.25, 0.3) is 0 Å². The van der Waals surface area contributed by atoms with Crippen LogP contribution in [0.2, 0.25) is 0 Å². The first-order valence-electron chi connectivity index (χ1n) is 9.32. The van der Waals surface area contributed by atoms with Crippen LogP contribution in [0.1, 0.15) is 58.6 Å². The van der Waals surface area contributed by atoms with E-state index in [0.29, 0.717) is 19.8 Å². The Hall–Kier alpha value is -2.08. The quantitative estimate of drug-likeness (QED) is 0.695. The third kappa shape index (κ3) is 6.86. The lowest BCUT2D eigenvalue weighted by Crippen LogP contribution is -2.43. The lowest BCUT2D eigenvalue weighted by molar-refractivity contribution is -0.157. The van der Waals surface area contributed by atoms with Crippen molar-refractivity contribution in [3.8, 4) is 0 Å². The van der Waals surface area contributed by atoms with E-state index in [4.69, 9.17) is 14.2 Å². The van der Waals surface area contributed by atoms with Gasteiger partial charge >= 0.3 is 12.1 Å². The van der Waals surface area contributed by atoms with Gasteiger partial charge in [-0.05, 0) is 52.7 Å². The van der Waals surface area contributed by atoms with E-state index in [9.17, 15) is 9.59 Å². The van der Waals surface area contributed by atoms with E-state index < -0.39 is 23.2 Å². The van der Waals surface area contributed by atoms with Crippen molar-refractivity contribution in [1.82, 2.24) is 4.90 Å². The van der Waals surface area contributed by atoms with Crippen molar-refractivity contribution in [2.75, 3.05) is 19.7 Å². The van der Waals surface area contributed by atoms with Gasteiger partial charge in [-0.2, -0.15) is 0 Å². The molecule has 1 aromatic carbocycles. The van der Waals surface area contributed by atoms with Gasteiger partial charge in [-0.25, -0.2) is 4.79 Å². The van der Waals surface area contributed by atoms with E-state index in [2.05, 4.69) is 0 Å². The average molecular weight is 377 g/mol. The fourth-order valence-corrected chi connectivity index (χ4v) is 2.76. The number of carbonyl (C=O) groups excluding carboxylic acids is 2. The van der Waals surface area contributed by atoms with E-state index in [1.807, 2.05) is 65.8 Å². The molecule has 2 bridgehead atoms. The number of rotatable bonds is 1. The second-order valence-corrected chi connectivity index (χ2v) is 8.81. The lowest BCUT2D eigenvalue weighted by Gasteiger charge is -2.31. The van der Waals surface area contributed by atoms with Crippen LogP contribution in [-0.4, -0.2) is 47.9 Å². The zero-order valence-electron chi connectivity index (χ0n) is 17.2. The molecule has 0 saturated carbocycles. The molecule has 0 N–H and O–H groups in total. The summed E-state index contributed by atoms with van der Waals surface area (Å²) < 4.78 is 16.8. The largest absolute Gasteiger partial charge is 0.459 e. The fourth-order valence-electron chi connectivity index (χ4n) is 2.76. The maximum atomic E-state index is 12.9. The number of esters is 1. The normalized spacial score (nSPS) is 18.6. The first-order chi connectivity index (χ1) is 12.4. The summed E-state index contributed by atoms with van der Waals surface area (Å²) >= 11 is 0. The zero-order chi connectivity index (χ0) is 20.2. The van der Waals surface area contributed by atoms with Crippen LogP contribution >= 0.6 is 0 Å². The summed E-state index contributed by atoms with van der Waals surface area (Å²) in [4.78, 5) is 27.1. The highest BCUT2D eigenvalue weighted by Gasteiger charge is 2.32. The van der Waals surface area contributed by atoms with E-state index in [1.54, 1.807) is 0 Å². The van der Waals surface area contributed by atoms with Gasteiger partial charge in [0.1, 0.15) is 11.2 Å². The van der Waals surface area contributed by atoms with Crippen LogP contribution in [-0.2, 0) is 25.6 Å². The molecule has 150 valence electrons. The predicted octanol–water partition coefficient (Wildman–Crippen LogP) is 3.88. The highest BCUT2D eigenvalue weighted by molar-refractivity contribution is 5.80. The van der Waals surface area contributed by atoms with Gasteiger partial charge in [-0.15, -0.1) is 0 Å². The van der Waals surface area contributed by atoms with Crippen LogP contribution in [0.3, 0.4) is 0 Å². The van der Waals surface area contributed by atoms with Crippen molar-refractivity contribution in [2.45, 2.75) is 65.3 Å². The van der Waals surface area contributed by atoms with Crippen molar-refractivity contribution in [3.63, 3.8) is 0 Å². The maximum Gasteiger partial charge on any atom is 0.410 e. The van der Waals surface area contributed by atoms with Crippen LogP contribution in [0.5, 0.6) is 0 Å². The summed E-state index contributed by atoms with van der Waals surface area (Å²) in [5, 5.41) is 0. The number of ether oxygens (including phenoxy) is 3. The molecular weight excluding hydrogens is 346 g/mol. The molecule has 27 heavy (non-hydrogen) atoms. The maximum absolute atomic E-state index is 12.9. The minimum absolute atomic E-state index is 0.177. The molecule has 0 aromatic heterocycles. The summed E-state index contributed by atoms with van der Waals surface area (Å²) in [5.41, 5.74) is 0.575. The number of carbonyl (C=O) groups is 2. The smallest absolute Gasteiger partial charge is 0.410 e. The van der Waals surface area contributed by atoms with Crippen LogP contribution < -0.4 is 0 Å². The second kappa shape index (κ2) is 8.30. The zero-order valence-corrected chi connectivity index (χ0v) is 17.2. The lowest BCUT2D eigenvalue weighted by atomic mass is 9.96. The molecular formula is C21H31NO5. The van der Waals surface area contributed by atoms with Gasteiger partial charge in [-0.3, -0.25) is 4.79 Å². The molecule has 1 amide bonds. The van der Waals surface area contributed by atoms with Gasteiger partial charge in [-0.1, -0.05) is 24.3 Å². The van der Waals surface area contributed by atoms with Crippen molar-refractivity contribution in [2.24, 2.45) is 0 Å². The van der Waals surface area contributed by atoms with Crippen molar-refractivity contribution < 1.29 is 23.8 Å². The Labute approximate surface area is 161 Å². The molecule has 6 heteroatoms. The molecule has 1 atom stereocenters. The number of amides is 1. The number of benzene rings is 1. The van der Waals surface area contributed by atoms with Gasteiger partial charge < -0.3 is 19.1 Å². The fraction of sp³-hybridized carbons (Fsp3) is 0.619. The van der Waals surface area contributed by atoms with E-state index >= 15 is 0 Å². The minimum Gasteiger partial charge on any atom is -0.459 e. The Kier molecular flexibility index (Phi) is 6.52. The first-order valence-corrected chi connectivity index (χ1v) is 9.32. The van der Waals surface area contributed by atoms with E-state index in [0.717, 1.165) is 11.1 Å². The van der Waals surface area contributed by atoms with Gasteiger partial charge in [0.15, 0.2) is 0 Å². The predicted molar refractivity (Wildman–Crippen MR) is 102 cm³/mol. The molecule has 1 aromatic rings. The first kappa shape index (κ1) is 21.2. The third-order valence-electron chi connectivity index (χ3n) is 3.87. The molecule has 1 unspecified atom stereocenters. The molecule has 0 saturated heterocycles. The molecule has 0 radical (unpaired) electrons. The number of fused-ring (bicyclic) bond motifs is 2. The topological polar surface area (TPSA) is 65.1 Å². The second-order valence-electron chi connectivity index (χ2n) is 8.81. The molecule has 0 spiro atoms. The molecule has 1 aliphatic heterocycles. The van der Waals surface area contributed by atoms with E-state index in [-0.39, 0.29) is 12.5 Å². The Balaban J connectivity index is 2.33. The Morgan fingerprint density at radius 1 is 1.07 bits per heavy atom. The number of nitrogens with zero attached hydrogens (tertiary/aromatic N) is 1. The Bertz CT molecular complexity index is 672. The van der Waals surface area contributed by atoms with Crippen LogP contribution in [0, 0.1) is 0 Å². The minimum atomic E-state index is -0.616. The summed E-state index contributed by atoms with van der Waals surface area (Å²) in [7, 11) is 0. The molecule has 0 fully saturated rings. The van der Waals surface area contributed by atoms with Gasteiger partial charge in [0.2, 0.25) is 0 Å². The SMILES string of the molecule is CC(C)(C)OC(=O)C1CN(C(=O)OC(C)(C)C)CCOCc2cccc1c2. The van der Waals surface area contributed by atoms with Gasteiger partial charge in [0, 0.05) is 13.1 Å². The van der Waals surface area contributed by atoms with E-state index in [1.165, 1.54) is 4.90 Å². The number of hydrogen-bond acceptors (Lipinski definition) is 5. The van der Waals surface area contributed by atoms with Crippen molar-refractivity contribution >= 4 is 12.1 Å². The highest BCUT2D eigenvalue weighted by Crippen LogP contribution is 2.25. The van der Waals surface area contributed by atoms with Gasteiger partial charge in [0.05, 0.1) is 19.1 Å². The standard InChI is InChI=1S/C21H31NO5/c1-20(2,3)26-18(23)17-13-22(19(24)27-21(4,5)6)10-11-25-14-15-8-7-9-16(17)12-15/h7-9,12,17H,10-11,13-14H2,1-6H3. The summed E-state index contributed by atoms with van der Waals surface area (Å²) in [6.45, 7) is 12.3. The van der Waals surface area contributed by atoms with Crippen molar-refractivity contribution in [3.05, 3.63) is 35.4 Å². The van der Waals surface area contributed by atoms with Crippen LogP contribution in [0.15, 0.2) is 24.3 Å². The molecule has 1 aliphatic rings.